The smallest absolute Gasteiger partial charge is 0.326 e. The zero-order chi connectivity index (χ0) is 12.7. The van der Waals surface area contributed by atoms with Crippen molar-refractivity contribution in [3.63, 3.8) is 0 Å². The highest BCUT2D eigenvalue weighted by Crippen LogP contribution is 2.15. The van der Waals surface area contributed by atoms with Crippen molar-refractivity contribution in [3.8, 4) is 6.07 Å². The molecule has 0 radical (unpaired) electrons. The van der Waals surface area contributed by atoms with E-state index in [4.69, 9.17) is 15.1 Å². The molecule has 0 saturated heterocycles. The maximum Gasteiger partial charge on any atom is 0.326 e. The fraction of sp³-hybridized carbons (Fsp3) is 0.333. The van der Waals surface area contributed by atoms with Crippen LogP contribution in [0.25, 0.3) is 0 Å². The van der Waals surface area contributed by atoms with E-state index >= 15 is 0 Å². The van der Waals surface area contributed by atoms with Crippen LogP contribution in [-0.2, 0) is 9.53 Å². The predicted molar refractivity (Wildman–Crippen MR) is 62.7 cm³/mol. The van der Waals surface area contributed by atoms with E-state index in [9.17, 15) is 4.79 Å². The van der Waals surface area contributed by atoms with Gasteiger partial charge in [-0.3, -0.25) is 0 Å². The van der Waals surface area contributed by atoms with E-state index in [1.165, 1.54) is 7.11 Å². The van der Waals surface area contributed by atoms with Crippen molar-refractivity contribution < 1.29 is 14.6 Å². The van der Waals surface area contributed by atoms with Gasteiger partial charge in [-0.15, -0.1) is 0 Å². The van der Waals surface area contributed by atoms with Crippen molar-refractivity contribution in [2.45, 2.75) is 12.5 Å². The van der Waals surface area contributed by atoms with Gasteiger partial charge in [0.15, 0.2) is 0 Å². The molecule has 1 unspecified atom stereocenters. The quantitative estimate of drug-likeness (QED) is 0.778. The number of ether oxygens (including phenoxy) is 1. The van der Waals surface area contributed by atoms with Crippen LogP contribution in [-0.4, -0.2) is 30.8 Å². The molecule has 5 heteroatoms. The lowest BCUT2D eigenvalue weighted by atomic mass is 10.1. The molecule has 2 N–H and O–H groups in total. The molecule has 5 nitrogen and oxygen atoms in total. The third kappa shape index (κ3) is 3.78. The summed E-state index contributed by atoms with van der Waals surface area (Å²) in [5.41, 5.74) is 0.953. The van der Waals surface area contributed by atoms with Crippen LogP contribution in [0.3, 0.4) is 0 Å². The number of hydrogen-bond donors (Lipinski definition) is 2. The number of carboxylic acids is 1. The Morgan fingerprint density at radius 1 is 1.59 bits per heavy atom. The highest BCUT2D eigenvalue weighted by Gasteiger charge is 2.17. The third-order valence-electron chi connectivity index (χ3n) is 2.29. The zero-order valence-electron chi connectivity index (χ0n) is 9.51. The monoisotopic (exact) mass is 234 g/mol. The van der Waals surface area contributed by atoms with Gasteiger partial charge in [0.1, 0.15) is 12.1 Å². The summed E-state index contributed by atoms with van der Waals surface area (Å²) in [5.74, 6) is -0.963. The van der Waals surface area contributed by atoms with Gasteiger partial charge in [-0.1, -0.05) is 12.1 Å². The molecule has 0 aliphatic carbocycles. The maximum absolute atomic E-state index is 11.0. The van der Waals surface area contributed by atoms with Crippen molar-refractivity contribution in [2.75, 3.05) is 19.0 Å². The fourth-order valence-corrected chi connectivity index (χ4v) is 1.39. The Hall–Kier alpha value is -2.06. The minimum absolute atomic E-state index is 0.339. The molecule has 0 aromatic heterocycles. The lowest BCUT2D eigenvalue weighted by Crippen LogP contribution is -2.30. The van der Waals surface area contributed by atoms with Crippen LogP contribution < -0.4 is 5.32 Å². The molecule has 1 aromatic rings. The summed E-state index contributed by atoms with van der Waals surface area (Å²) < 4.78 is 4.85. The molecule has 0 fully saturated rings. The number of carbonyl (C=O) groups is 1. The summed E-state index contributed by atoms with van der Waals surface area (Å²) in [5, 5.41) is 20.7. The van der Waals surface area contributed by atoms with Gasteiger partial charge in [0.2, 0.25) is 0 Å². The lowest BCUT2D eigenvalue weighted by Gasteiger charge is -2.16. The Morgan fingerprint density at radius 3 is 2.88 bits per heavy atom. The maximum atomic E-state index is 11.0. The SMILES string of the molecule is COCCC(Nc1ccccc1C#N)C(=O)O. The summed E-state index contributed by atoms with van der Waals surface area (Å²) in [6.45, 7) is 0.346. The molecule has 0 spiro atoms. The number of nitriles is 1. The Bertz CT molecular complexity index is 426. The first-order valence-corrected chi connectivity index (χ1v) is 5.16. The average molecular weight is 234 g/mol. The minimum atomic E-state index is -0.963. The number of carboxylic acid groups (broad SMARTS) is 1. The molecular weight excluding hydrogens is 220 g/mol. The molecule has 0 aliphatic rings. The molecule has 17 heavy (non-hydrogen) atoms. The third-order valence-corrected chi connectivity index (χ3v) is 2.29. The largest absolute Gasteiger partial charge is 0.480 e. The molecule has 0 saturated carbocycles. The van der Waals surface area contributed by atoms with Crippen molar-refractivity contribution in [3.05, 3.63) is 29.8 Å². The van der Waals surface area contributed by atoms with Gasteiger partial charge in [-0.2, -0.15) is 5.26 Å². The average Bonchev–Trinajstić information content (AvgIpc) is 2.34. The van der Waals surface area contributed by atoms with Gasteiger partial charge in [0.05, 0.1) is 11.3 Å². The summed E-state index contributed by atoms with van der Waals surface area (Å²) in [6, 6.07) is 8.05. The lowest BCUT2D eigenvalue weighted by molar-refractivity contribution is -0.138. The van der Waals surface area contributed by atoms with Crippen LogP contribution in [0.15, 0.2) is 24.3 Å². The van der Waals surface area contributed by atoms with Crippen molar-refractivity contribution in [1.29, 1.82) is 5.26 Å². The van der Waals surface area contributed by atoms with E-state index < -0.39 is 12.0 Å². The van der Waals surface area contributed by atoms with Crippen LogP contribution in [0.2, 0.25) is 0 Å². The summed E-state index contributed by atoms with van der Waals surface area (Å²) in [7, 11) is 1.52. The standard InChI is InChI=1S/C12H14N2O3/c1-17-7-6-11(12(15)16)14-10-5-3-2-4-9(10)8-13/h2-5,11,14H,6-7H2,1H3,(H,15,16). The molecule has 1 aromatic carbocycles. The molecule has 90 valence electrons. The van der Waals surface area contributed by atoms with E-state index in [-0.39, 0.29) is 0 Å². The molecule has 0 bridgehead atoms. The second-order valence-corrected chi connectivity index (χ2v) is 3.47. The van der Waals surface area contributed by atoms with Gasteiger partial charge in [-0.25, -0.2) is 4.79 Å². The number of nitrogens with zero attached hydrogens (tertiary/aromatic N) is 1. The van der Waals surface area contributed by atoms with E-state index in [2.05, 4.69) is 5.32 Å². The second-order valence-electron chi connectivity index (χ2n) is 3.47. The van der Waals surface area contributed by atoms with Crippen LogP contribution in [0.4, 0.5) is 5.69 Å². The van der Waals surface area contributed by atoms with Crippen molar-refractivity contribution in [1.82, 2.24) is 0 Å². The molecule has 1 atom stereocenters. The van der Waals surface area contributed by atoms with Gasteiger partial charge in [0.25, 0.3) is 0 Å². The molecular formula is C12H14N2O3. The zero-order valence-corrected chi connectivity index (χ0v) is 9.51. The van der Waals surface area contributed by atoms with Gasteiger partial charge in [-0.05, 0) is 12.1 Å². The number of nitrogens with one attached hydrogen (secondary N) is 1. The molecule has 0 heterocycles. The Morgan fingerprint density at radius 2 is 2.29 bits per heavy atom. The van der Waals surface area contributed by atoms with Crippen molar-refractivity contribution >= 4 is 11.7 Å². The topological polar surface area (TPSA) is 82.3 Å². The Kier molecular flexibility index (Phi) is 4.98. The molecule has 0 amide bonds. The van der Waals surface area contributed by atoms with Gasteiger partial charge in [0, 0.05) is 20.1 Å². The number of aliphatic carboxylic acids is 1. The minimum Gasteiger partial charge on any atom is -0.480 e. The first-order chi connectivity index (χ1) is 8.19. The molecule has 0 aliphatic heterocycles. The van der Waals surface area contributed by atoms with Crippen LogP contribution in [0.1, 0.15) is 12.0 Å². The number of rotatable bonds is 6. The van der Waals surface area contributed by atoms with Gasteiger partial charge < -0.3 is 15.2 Å². The van der Waals surface area contributed by atoms with Crippen LogP contribution in [0, 0.1) is 11.3 Å². The van der Waals surface area contributed by atoms with Crippen molar-refractivity contribution in [2.24, 2.45) is 0 Å². The normalized spacial score (nSPS) is 11.5. The van der Waals surface area contributed by atoms with Gasteiger partial charge >= 0.3 is 5.97 Å². The van der Waals surface area contributed by atoms with E-state index in [1.54, 1.807) is 24.3 Å². The first kappa shape index (κ1) is 13.0. The number of methoxy groups -OCH3 is 1. The molecule has 1 rings (SSSR count). The van der Waals surface area contributed by atoms with E-state index in [1.807, 2.05) is 6.07 Å². The summed E-state index contributed by atoms with van der Waals surface area (Å²) in [6.07, 6.45) is 0.339. The van der Waals surface area contributed by atoms with Crippen LogP contribution >= 0.6 is 0 Å². The van der Waals surface area contributed by atoms with E-state index in [0.29, 0.717) is 24.3 Å². The van der Waals surface area contributed by atoms with Crippen LogP contribution in [0.5, 0.6) is 0 Å². The number of anilines is 1. The summed E-state index contributed by atoms with van der Waals surface area (Å²) in [4.78, 5) is 11.0. The number of para-hydroxylation sites is 1. The fourth-order valence-electron chi connectivity index (χ4n) is 1.39. The Balaban J connectivity index is 2.79. The van der Waals surface area contributed by atoms with E-state index in [0.717, 1.165) is 0 Å². The highest BCUT2D eigenvalue weighted by molar-refractivity contribution is 5.78. The summed E-state index contributed by atoms with van der Waals surface area (Å²) >= 11 is 0. The Labute approximate surface area is 99.6 Å². The second kappa shape index (κ2) is 6.51. The first-order valence-electron chi connectivity index (χ1n) is 5.16. The predicted octanol–water partition coefficient (Wildman–Crippen LogP) is 1.46. The number of benzene rings is 1. The number of hydrogen-bond acceptors (Lipinski definition) is 4. The highest BCUT2D eigenvalue weighted by atomic mass is 16.5.